The molecule has 0 N–H and O–H groups in total. The van der Waals surface area contributed by atoms with Crippen molar-refractivity contribution in [3.8, 4) is 0 Å². The van der Waals surface area contributed by atoms with Gasteiger partial charge in [-0.05, 0) is 33.6 Å². The summed E-state index contributed by atoms with van der Waals surface area (Å²) < 4.78 is 0.903. The molecule has 0 aliphatic heterocycles. The van der Waals surface area contributed by atoms with Gasteiger partial charge in [0.15, 0.2) is 0 Å². The second-order valence-corrected chi connectivity index (χ2v) is 4.19. The van der Waals surface area contributed by atoms with Crippen molar-refractivity contribution in [2.24, 2.45) is 0 Å². The minimum Gasteiger partial charge on any atom is -0.0876 e. The monoisotopic (exact) mass is 316 g/mol. The average Bonchev–Trinajstić information content (AvgIpc) is 1.96. The largest absolute Gasteiger partial charge is 0.0876 e. The third kappa shape index (κ3) is 2.35. The first-order valence-corrected chi connectivity index (χ1v) is 5.51. The molecule has 4 heteroatoms. The molecule has 0 saturated carbocycles. The first kappa shape index (κ1) is 9.85. The van der Waals surface area contributed by atoms with Crippen molar-refractivity contribution >= 4 is 55.1 Å². The Morgan fingerprint density at radius 3 is 2.45 bits per heavy atom. The van der Waals surface area contributed by atoms with Crippen LogP contribution in [0.3, 0.4) is 0 Å². The zero-order valence-electron chi connectivity index (χ0n) is 5.37. The highest BCUT2D eigenvalue weighted by molar-refractivity contribution is 9.10. The van der Waals surface area contributed by atoms with E-state index in [1.807, 2.05) is 6.07 Å². The van der Waals surface area contributed by atoms with Crippen molar-refractivity contribution in [1.29, 1.82) is 0 Å². The molecule has 0 aromatic heterocycles. The van der Waals surface area contributed by atoms with Crippen LogP contribution in [0, 0.1) is 0 Å². The maximum absolute atomic E-state index is 5.85. The van der Waals surface area contributed by atoms with E-state index in [4.69, 9.17) is 23.2 Å². The van der Waals surface area contributed by atoms with E-state index in [-0.39, 0.29) is 0 Å². The zero-order chi connectivity index (χ0) is 8.43. The lowest BCUT2D eigenvalue weighted by molar-refractivity contribution is 1.40. The SMILES string of the molecule is Clc1cc(Cl)c(Br)c(CBr)c1. The van der Waals surface area contributed by atoms with Crippen LogP contribution in [0.4, 0.5) is 0 Å². The minimum absolute atomic E-state index is 0.645. The summed E-state index contributed by atoms with van der Waals surface area (Å²) in [4.78, 5) is 0. The Kier molecular flexibility index (Phi) is 3.69. The molecule has 0 fully saturated rings. The van der Waals surface area contributed by atoms with Crippen molar-refractivity contribution in [2.45, 2.75) is 5.33 Å². The molecule has 60 valence electrons. The molecule has 0 saturated heterocycles. The summed E-state index contributed by atoms with van der Waals surface area (Å²) in [5.41, 5.74) is 1.06. The number of hydrogen-bond donors (Lipinski definition) is 0. The fourth-order valence-electron chi connectivity index (χ4n) is 0.707. The Morgan fingerprint density at radius 1 is 1.27 bits per heavy atom. The van der Waals surface area contributed by atoms with Crippen LogP contribution in [0.5, 0.6) is 0 Å². The molecule has 0 aliphatic rings. The summed E-state index contributed by atoms with van der Waals surface area (Å²) >= 11 is 18.3. The predicted molar refractivity (Wildman–Crippen MR) is 56.8 cm³/mol. The van der Waals surface area contributed by atoms with E-state index >= 15 is 0 Å². The van der Waals surface area contributed by atoms with Crippen molar-refractivity contribution in [3.63, 3.8) is 0 Å². The molecule has 0 heterocycles. The van der Waals surface area contributed by atoms with E-state index in [9.17, 15) is 0 Å². The Morgan fingerprint density at radius 2 is 1.91 bits per heavy atom. The molecule has 1 aromatic carbocycles. The minimum atomic E-state index is 0.645. The molecule has 0 radical (unpaired) electrons. The van der Waals surface area contributed by atoms with Gasteiger partial charge in [-0.25, -0.2) is 0 Å². The molecule has 1 aromatic rings. The van der Waals surface area contributed by atoms with E-state index in [1.54, 1.807) is 6.07 Å². The van der Waals surface area contributed by atoms with E-state index < -0.39 is 0 Å². The average molecular weight is 319 g/mol. The van der Waals surface area contributed by atoms with Crippen LogP contribution >= 0.6 is 55.1 Å². The smallest absolute Gasteiger partial charge is 0.0565 e. The van der Waals surface area contributed by atoms with Gasteiger partial charge < -0.3 is 0 Å². The maximum Gasteiger partial charge on any atom is 0.0565 e. The summed E-state index contributed by atoms with van der Waals surface area (Å²) in [6, 6.07) is 3.58. The van der Waals surface area contributed by atoms with Crippen LogP contribution < -0.4 is 0 Å². The first-order valence-electron chi connectivity index (χ1n) is 2.84. The maximum atomic E-state index is 5.85. The van der Waals surface area contributed by atoms with Crippen molar-refractivity contribution in [1.82, 2.24) is 0 Å². The van der Waals surface area contributed by atoms with Gasteiger partial charge in [-0.1, -0.05) is 39.1 Å². The van der Waals surface area contributed by atoms with Gasteiger partial charge >= 0.3 is 0 Å². The number of alkyl halides is 1. The lowest BCUT2D eigenvalue weighted by Crippen LogP contribution is -1.81. The van der Waals surface area contributed by atoms with Gasteiger partial charge in [0.2, 0.25) is 0 Å². The lowest BCUT2D eigenvalue weighted by atomic mass is 10.2. The Hall–Kier alpha value is 0.760. The molecule has 0 bridgehead atoms. The van der Waals surface area contributed by atoms with Crippen molar-refractivity contribution < 1.29 is 0 Å². The van der Waals surface area contributed by atoms with Gasteiger partial charge in [0.05, 0.1) is 5.02 Å². The van der Waals surface area contributed by atoms with Gasteiger partial charge in [-0.15, -0.1) is 0 Å². The number of halogens is 4. The van der Waals surface area contributed by atoms with Gasteiger partial charge in [-0.3, -0.25) is 0 Å². The second kappa shape index (κ2) is 4.13. The third-order valence-corrected chi connectivity index (χ3v) is 3.50. The molecule has 0 spiro atoms. The van der Waals surface area contributed by atoms with Gasteiger partial charge in [0.1, 0.15) is 0 Å². The van der Waals surface area contributed by atoms with Crippen LogP contribution in [-0.4, -0.2) is 0 Å². The van der Waals surface area contributed by atoms with Crippen LogP contribution in [0.1, 0.15) is 5.56 Å². The second-order valence-electron chi connectivity index (χ2n) is 1.99. The highest BCUT2D eigenvalue weighted by Crippen LogP contribution is 2.31. The molecule has 0 atom stereocenters. The normalized spacial score (nSPS) is 10.2. The van der Waals surface area contributed by atoms with Crippen LogP contribution in [-0.2, 0) is 5.33 Å². The Balaban J connectivity index is 3.24. The third-order valence-electron chi connectivity index (χ3n) is 1.21. The van der Waals surface area contributed by atoms with Crippen LogP contribution in [0.15, 0.2) is 16.6 Å². The summed E-state index contributed by atoms with van der Waals surface area (Å²) in [7, 11) is 0. The lowest BCUT2D eigenvalue weighted by Gasteiger charge is -2.02. The van der Waals surface area contributed by atoms with E-state index in [0.717, 1.165) is 15.4 Å². The Bertz CT molecular complexity index is 273. The van der Waals surface area contributed by atoms with E-state index in [2.05, 4.69) is 31.9 Å². The van der Waals surface area contributed by atoms with E-state index in [1.165, 1.54) is 0 Å². The quantitative estimate of drug-likeness (QED) is 0.522. The summed E-state index contributed by atoms with van der Waals surface area (Å²) in [5, 5.41) is 2.05. The highest BCUT2D eigenvalue weighted by atomic mass is 79.9. The molecular weight excluding hydrogens is 315 g/mol. The van der Waals surface area contributed by atoms with Crippen molar-refractivity contribution in [2.75, 3.05) is 0 Å². The Labute approximate surface area is 92.1 Å². The van der Waals surface area contributed by atoms with Gasteiger partial charge in [-0.2, -0.15) is 0 Å². The first-order chi connectivity index (χ1) is 5.15. The van der Waals surface area contributed by atoms with Crippen molar-refractivity contribution in [3.05, 3.63) is 32.2 Å². The predicted octanol–water partition coefficient (Wildman–Crippen LogP) is 4.65. The number of rotatable bonds is 1. The fourth-order valence-corrected chi connectivity index (χ4v) is 2.43. The molecule has 0 nitrogen and oxygen atoms in total. The highest BCUT2D eigenvalue weighted by Gasteiger charge is 2.04. The topological polar surface area (TPSA) is 0 Å². The molecule has 1 rings (SSSR count). The standard InChI is InChI=1S/C7H4Br2Cl2/c8-3-4-1-5(10)2-6(11)7(4)9/h1-2H,3H2. The zero-order valence-corrected chi connectivity index (χ0v) is 10.1. The molecule has 11 heavy (non-hydrogen) atoms. The molecule has 0 unspecified atom stereocenters. The van der Waals surface area contributed by atoms with Gasteiger partial charge in [0.25, 0.3) is 0 Å². The fraction of sp³-hybridized carbons (Fsp3) is 0.143. The number of hydrogen-bond acceptors (Lipinski definition) is 0. The summed E-state index contributed by atoms with van der Waals surface area (Å²) in [6.07, 6.45) is 0. The van der Waals surface area contributed by atoms with Gasteiger partial charge in [0, 0.05) is 14.8 Å². The summed E-state index contributed by atoms with van der Waals surface area (Å²) in [5.74, 6) is 0. The molecule has 0 amide bonds. The number of benzene rings is 1. The van der Waals surface area contributed by atoms with Crippen LogP contribution in [0.2, 0.25) is 10.0 Å². The van der Waals surface area contributed by atoms with E-state index in [0.29, 0.717) is 10.0 Å². The molecule has 0 aliphatic carbocycles. The van der Waals surface area contributed by atoms with Crippen LogP contribution in [0.25, 0.3) is 0 Å². The molecular formula is C7H4Br2Cl2. The summed E-state index contributed by atoms with van der Waals surface area (Å²) in [6.45, 7) is 0.